The van der Waals surface area contributed by atoms with Crippen LogP contribution >= 0.6 is 0 Å². The highest BCUT2D eigenvalue weighted by atomic mass is 16.7. The van der Waals surface area contributed by atoms with Crippen LogP contribution < -0.4 is 5.32 Å². The highest BCUT2D eigenvalue weighted by molar-refractivity contribution is 5.76. The van der Waals surface area contributed by atoms with Gasteiger partial charge >= 0.3 is 0 Å². The van der Waals surface area contributed by atoms with E-state index in [-0.39, 0.29) is 12.5 Å². The zero-order valence-electron chi connectivity index (χ0n) is 60.4. The predicted octanol–water partition coefficient (Wildman–Crippen LogP) is 23.1. The fraction of sp³-hybridized carbons (Fsp3) is 0.890. The monoisotopic (exact) mass is 1280 g/mol. The summed E-state index contributed by atoms with van der Waals surface area (Å²) < 4.78 is 11.4. The van der Waals surface area contributed by atoms with E-state index in [1.807, 2.05) is 0 Å². The van der Waals surface area contributed by atoms with E-state index in [0.29, 0.717) is 12.8 Å². The first kappa shape index (κ1) is 87.2. The number of aliphatic hydroxyl groups is 5. The summed E-state index contributed by atoms with van der Waals surface area (Å²) in [6, 6.07) is -0.720. The fourth-order valence-electron chi connectivity index (χ4n) is 13.2. The smallest absolute Gasteiger partial charge is 0.220 e. The van der Waals surface area contributed by atoms with Gasteiger partial charge in [0, 0.05) is 6.42 Å². The van der Waals surface area contributed by atoms with Crippen LogP contribution in [0.3, 0.4) is 0 Å². The van der Waals surface area contributed by atoms with E-state index < -0.39 is 49.5 Å². The summed E-state index contributed by atoms with van der Waals surface area (Å²) in [7, 11) is 0. The van der Waals surface area contributed by atoms with Gasteiger partial charge in [0.1, 0.15) is 24.4 Å². The first-order chi connectivity index (χ1) is 44.8. The Bertz CT molecular complexity index is 1580. The van der Waals surface area contributed by atoms with Crippen LogP contribution in [0.15, 0.2) is 48.6 Å². The van der Waals surface area contributed by atoms with E-state index >= 15 is 0 Å². The van der Waals surface area contributed by atoms with Gasteiger partial charge in [0.15, 0.2) is 6.29 Å². The molecular formula is C82H155NO8. The molecular weight excluding hydrogens is 1130 g/mol. The van der Waals surface area contributed by atoms with E-state index in [0.717, 1.165) is 64.2 Å². The van der Waals surface area contributed by atoms with Crippen molar-refractivity contribution in [2.75, 3.05) is 13.2 Å². The molecule has 1 aliphatic heterocycles. The molecule has 91 heavy (non-hydrogen) atoms. The number of unbranched alkanes of at least 4 members (excludes halogenated alkanes) is 54. The minimum absolute atomic E-state index is 0.133. The van der Waals surface area contributed by atoms with Crippen LogP contribution in [0.2, 0.25) is 0 Å². The predicted molar refractivity (Wildman–Crippen MR) is 392 cm³/mol. The van der Waals surface area contributed by atoms with Crippen LogP contribution in [0.4, 0.5) is 0 Å². The van der Waals surface area contributed by atoms with Crippen LogP contribution in [0.25, 0.3) is 0 Å². The Balaban J connectivity index is 2.04. The van der Waals surface area contributed by atoms with Crippen LogP contribution in [0.1, 0.15) is 412 Å². The van der Waals surface area contributed by atoms with Crippen molar-refractivity contribution in [1.29, 1.82) is 0 Å². The van der Waals surface area contributed by atoms with Gasteiger partial charge in [-0.2, -0.15) is 0 Å². The van der Waals surface area contributed by atoms with Gasteiger partial charge in [0.2, 0.25) is 5.91 Å². The van der Waals surface area contributed by atoms with Crippen molar-refractivity contribution in [2.24, 2.45) is 0 Å². The fourth-order valence-corrected chi connectivity index (χ4v) is 13.2. The van der Waals surface area contributed by atoms with Crippen molar-refractivity contribution < 1.29 is 39.8 Å². The molecule has 0 aromatic rings. The lowest BCUT2D eigenvalue weighted by Crippen LogP contribution is -2.60. The summed E-state index contributed by atoms with van der Waals surface area (Å²) in [5, 5.41) is 55.1. The molecule has 1 saturated heterocycles. The van der Waals surface area contributed by atoms with Crippen molar-refractivity contribution in [1.82, 2.24) is 5.32 Å². The number of amides is 1. The van der Waals surface area contributed by atoms with Gasteiger partial charge in [-0.1, -0.05) is 403 Å². The van der Waals surface area contributed by atoms with Gasteiger partial charge in [-0.25, -0.2) is 0 Å². The van der Waals surface area contributed by atoms with Crippen molar-refractivity contribution in [3.05, 3.63) is 48.6 Å². The number of hydrogen-bond acceptors (Lipinski definition) is 8. The standard InChI is InChI=1S/C82H155NO8/c1-3-5-7-9-11-13-15-17-19-21-23-25-27-29-31-33-35-36-37-38-39-40-42-44-46-48-50-52-54-56-58-60-62-64-66-68-70-72-78(86)83-75(74-90-82-81(89)80(88)79(87)77(73-84)91-82)76(85)71-69-67-65-63-61-59-57-55-53-51-49-47-45-43-41-34-32-30-28-26-24-22-20-18-16-14-12-10-8-6-4-2/h5,7,11,13,17,19,23,25,75-77,79-82,84-85,87-89H,3-4,6,8-10,12,14-16,18,20-22,24,26-74H2,1-2H3,(H,83,86)/b7-5-,13-11-,19-17-,25-23-. The SMILES string of the molecule is CC/C=C\C/C=C\C/C=C\C/C=C\CCCCCCCCCCCCCCCCCCCCCCCCCCC(=O)NC(COC1OC(CO)C(O)C(O)C1O)C(O)CCCCCCCCCCCCCCCCCCCCCCCCCCCCCCCCC. The Morgan fingerprint density at radius 2 is 0.681 bits per heavy atom. The zero-order chi connectivity index (χ0) is 65.7. The Morgan fingerprint density at radius 1 is 0.385 bits per heavy atom. The maximum atomic E-state index is 13.2. The first-order valence-corrected chi connectivity index (χ1v) is 40.3. The molecule has 7 unspecified atom stereocenters. The lowest BCUT2D eigenvalue weighted by Gasteiger charge is -2.40. The lowest BCUT2D eigenvalue weighted by atomic mass is 9.99. The average molecular weight is 1280 g/mol. The molecule has 0 radical (unpaired) electrons. The molecule has 0 aliphatic carbocycles. The summed E-state index contributed by atoms with van der Waals surface area (Å²) in [5.41, 5.74) is 0. The number of carbonyl (C=O) groups excluding carboxylic acids is 1. The molecule has 1 heterocycles. The number of hydrogen-bond donors (Lipinski definition) is 6. The maximum absolute atomic E-state index is 13.2. The molecule has 9 heteroatoms. The molecule has 0 spiro atoms. The molecule has 0 aromatic carbocycles. The summed E-state index contributed by atoms with van der Waals surface area (Å²) in [6.07, 6.45) is 90.8. The summed E-state index contributed by atoms with van der Waals surface area (Å²) in [5.74, 6) is -0.135. The van der Waals surface area contributed by atoms with E-state index in [1.165, 1.54) is 321 Å². The molecule has 0 saturated carbocycles. The third-order valence-corrected chi connectivity index (χ3v) is 19.4. The van der Waals surface area contributed by atoms with Gasteiger partial charge in [0.05, 0.1) is 25.4 Å². The van der Waals surface area contributed by atoms with E-state index in [2.05, 4.69) is 67.8 Å². The van der Waals surface area contributed by atoms with Gasteiger partial charge in [-0.3, -0.25) is 4.79 Å². The highest BCUT2D eigenvalue weighted by Gasteiger charge is 2.44. The zero-order valence-corrected chi connectivity index (χ0v) is 60.4. The normalized spacial score (nSPS) is 17.9. The van der Waals surface area contributed by atoms with E-state index in [9.17, 15) is 30.3 Å². The molecule has 0 bridgehead atoms. The highest BCUT2D eigenvalue weighted by Crippen LogP contribution is 2.24. The molecule has 1 rings (SSSR count). The maximum Gasteiger partial charge on any atom is 0.220 e. The summed E-state index contributed by atoms with van der Waals surface area (Å²) >= 11 is 0. The van der Waals surface area contributed by atoms with Crippen LogP contribution in [0.5, 0.6) is 0 Å². The third-order valence-electron chi connectivity index (χ3n) is 19.4. The van der Waals surface area contributed by atoms with Crippen molar-refractivity contribution in [2.45, 2.75) is 455 Å². The van der Waals surface area contributed by atoms with Gasteiger partial charge in [-0.05, 0) is 51.4 Å². The summed E-state index contributed by atoms with van der Waals surface area (Å²) in [6.45, 7) is 3.79. The third kappa shape index (κ3) is 59.2. The second-order valence-corrected chi connectivity index (χ2v) is 28.2. The molecule has 1 aliphatic rings. The lowest BCUT2D eigenvalue weighted by molar-refractivity contribution is -0.302. The van der Waals surface area contributed by atoms with Crippen LogP contribution in [0, 0.1) is 0 Å². The van der Waals surface area contributed by atoms with Crippen LogP contribution in [-0.4, -0.2) is 87.5 Å². The number of nitrogens with one attached hydrogen (secondary N) is 1. The molecule has 1 fully saturated rings. The second kappa shape index (κ2) is 70.9. The Kier molecular flexibility index (Phi) is 67.9. The first-order valence-electron chi connectivity index (χ1n) is 40.3. The average Bonchev–Trinajstić information content (AvgIpc) is 1.70. The molecule has 0 aromatic heterocycles. The van der Waals surface area contributed by atoms with Crippen molar-refractivity contribution in [3.63, 3.8) is 0 Å². The topological polar surface area (TPSA) is 149 Å². The number of allylic oxidation sites excluding steroid dienone is 8. The van der Waals surface area contributed by atoms with Crippen molar-refractivity contribution in [3.8, 4) is 0 Å². The Morgan fingerprint density at radius 3 is 1.01 bits per heavy atom. The molecule has 7 atom stereocenters. The minimum atomic E-state index is -1.55. The molecule has 9 nitrogen and oxygen atoms in total. The Hall–Kier alpha value is -1.85. The minimum Gasteiger partial charge on any atom is -0.394 e. The quantitative estimate of drug-likeness (QED) is 0.0261. The number of ether oxygens (including phenoxy) is 2. The molecule has 536 valence electrons. The molecule has 6 N–H and O–H groups in total. The number of aliphatic hydroxyl groups excluding tert-OH is 5. The molecule has 1 amide bonds. The van der Waals surface area contributed by atoms with Gasteiger partial charge < -0.3 is 40.3 Å². The number of rotatable bonds is 72. The van der Waals surface area contributed by atoms with Gasteiger partial charge in [-0.15, -0.1) is 0 Å². The Labute approximate surface area is 564 Å². The van der Waals surface area contributed by atoms with E-state index in [1.54, 1.807) is 0 Å². The van der Waals surface area contributed by atoms with E-state index in [4.69, 9.17) is 9.47 Å². The number of carbonyl (C=O) groups is 1. The second-order valence-electron chi connectivity index (χ2n) is 28.2. The van der Waals surface area contributed by atoms with Crippen molar-refractivity contribution >= 4 is 5.91 Å². The summed E-state index contributed by atoms with van der Waals surface area (Å²) in [4.78, 5) is 13.2. The van der Waals surface area contributed by atoms with Crippen LogP contribution in [-0.2, 0) is 14.3 Å². The van der Waals surface area contributed by atoms with Gasteiger partial charge in [0.25, 0.3) is 0 Å². The largest absolute Gasteiger partial charge is 0.394 e.